The zero-order valence-electron chi connectivity index (χ0n) is 35.4. The molecule has 4 atom stereocenters. The summed E-state index contributed by atoms with van der Waals surface area (Å²) in [6.45, 7) is 0.921. The van der Waals surface area contributed by atoms with Gasteiger partial charge in [0, 0.05) is 48.3 Å². The lowest BCUT2D eigenvalue weighted by molar-refractivity contribution is -0.141. The van der Waals surface area contributed by atoms with Gasteiger partial charge < -0.3 is 68.6 Å². The van der Waals surface area contributed by atoms with E-state index in [1.807, 2.05) is 12.1 Å². The highest BCUT2D eigenvalue weighted by atomic mass is 35.5. The fourth-order valence-corrected chi connectivity index (χ4v) is 7.25. The van der Waals surface area contributed by atoms with Gasteiger partial charge in [-0.1, -0.05) is 48.0 Å². The molecule has 18 nitrogen and oxygen atoms in total. The summed E-state index contributed by atoms with van der Waals surface area (Å²) >= 11 is 6.06. The van der Waals surface area contributed by atoms with E-state index in [4.69, 9.17) is 44.0 Å². The topological polar surface area (TPSA) is 300 Å². The quantitative estimate of drug-likeness (QED) is 0.0477. The number of nitrogens with two attached hydrogens (primary N) is 4. The highest BCUT2D eigenvalue weighted by molar-refractivity contribution is 6.41. The Morgan fingerprint density at radius 2 is 1.44 bits per heavy atom. The summed E-state index contributed by atoms with van der Waals surface area (Å²) in [5, 5.41) is 29.7. The average Bonchev–Trinajstić information content (AvgIpc) is 3.28. The number of fused-ring (bicyclic) bond motifs is 5. The van der Waals surface area contributed by atoms with Crippen molar-refractivity contribution in [2.45, 2.75) is 50.0 Å². The van der Waals surface area contributed by atoms with Crippen molar-refractivity contribution in [3.05, 3.63) is 107 Å². The summed E-state index contributed by atoms with van der Waals surface area (Å²) in [5.41, 5.74) is 27.4. The minimum absolute atomic E-state index is 0.105. The molecule has 4 bridgehead atoms. The summed E-state index contributed by atoms with van der Waals surface area (Å²) in [7, 11) is -0.475. The number of carbonyl (C=O) groups is 5. The number of likely N-dealkylation sites (N-methyl/N-ethyl adjacent to an activating group) is 1. The summed E-state index contributed by atoms with van der Waals surface area (Å²) in [4.78, 5) is 71.2. The van der Waals surface area contributed by atoms with Crippen LogP contribution >= 0.6 is 11.6 Å². The molecule has 4 aromatic carbocycles. The molecule has 14 N–H and O–H groups in total. The lowest BCUT2D eigenvalue weighted by Crippen LogP contribution is -2.59. The Hall–Kier alpha value is -6.06. The number of halogens is 1. The molecule has 5 amide bonds. The van der Waals surface area contributed by atoms with Crippen LogP contribution in [-0.2, 0) is 25.6 Å². The van der Waals surface area contributed by atoms with E-state index in [1.165, 1.54) is 11.9 Å². The predicted molar refractivity (Wildman–Crippen MR) is 242 cm³/mol. The van der Waals surface area contributed by atoms with Gasteiger partial charge in [0.05, 0.1) is 6.44 Å². The Kier molecular flexibility index (Phi) is 18.0. The number of benzene rings is 4. The van der Waals surface area contributed by atoms with Gasteiger partial charge in [-0.25, -0.2) is 0 Å². The summed E-state index contributed by atoms with van der Waals surface area (Å²) < 4.78 is 12.1. The Morgan fingerprint density at radius 1 is 0.828 bits per heavy atom. The molecule has 1 heterocycles. The molecule has 1 aliphatic heterocycles. The van der Waals surface area contributed by atoms with Gasteiger partial charge >= 0.3 is 7.12 Å². The predicted octanol–water partition coefficient (Wildman–Crippen LogP) is 0.346. The minimum atomic E-state index is -1.87. The van der Waals surface area contributed by atoms with Gasteiger partial charge in [0.25, 0.3) is 11.8 Å². The molecule has 0 fully saturated rings. The van der Waals surface area contributed by atoms with Gasteiger partial charge in [-0.2, -0.15) is 0 Å². The van der Waals surface area contributed by atoms with Gasteiger partial charge in [0.2, 0.25) is 17.7 Å². The van der Waals surface area contributed by atoms with Crippen LogP contribution < -0.4 is 53.7 Å². The van der Waals surface area contributed by atoms with E-state index in [2.05, 4.69) is 21.3 Å². The van der Waals surface area contributed by atoms with Gasteiger partial charge in [0.1, 0.15) is 42.8 Å². The third kappa shape index (κ3) is 13.0. The normalized spacial score (nSPS) is 16.6. The van der Waals surface area contributed by atoms with E-state index >= 15 is 0 Å². The van der Waals surface area contributed by atoms with E-state index in [0.29, 0.717) is 52.6 Å². The number of rotatable bonds is 18. The number of nitrogens with one attached hydrogen (secondary N) is 4. The van der Waals surface area contributed by atoms with E-state index in [0.717, 1.165) is 11.1 Å². The smallest absolute Gasteiger partial charge is 0.472 e. The van der Waals surface area contributed by atoms with Crippen LogP contribution in [0.15, 0.2) is 84.9 Å². The van der Waals surface area contributed by atoms with Crippen LogP contribution in [0.1, 0.15) is 46.8 Å². The molecule has 5 rings (SSSR count). The highest BCUT2D eigenvalue weighted by Crippen LogP contribution is 2.40. The molecule has 0 aromatic heterocycles. The van der Waals surface area contributed by atoms with Crippen molar-refractivity contribution < 1.29 is 43.5 Å². The maximum absolute atomic E-state index is 14.7. The first kappa shape index (κ1) is 49.0. The first-order valence-corrected chi connectivity index (χ1v) is 21.2. The summed E-state index contributed by atoms with van der Waals surface area (Å²) in [5.74, 6) is -3.06. The third-order valence-electron chi connectivity index (χ3n) is 10.4. The lowest BCUT2D eigenvalue weighted by Gasteiger charge is -2.32. The molecule has 340 valence electrons. The van der Waals surface area contributed by atoms with E-state index in [-0.39, 0.29) is 50.3 Å². The molecule has 4 aromatic rings. The number of ether oxygens (including phenoxy) is 2. The van der Waals surface area contributed by atoms with Crippen molar-refractivity contribution in [3.8, 4) is 33.8 Å². The molecule has 0 aliphatic carbocycles. The van der Waals surface area contributed by atoms with Crippen LogP contribution in [-0.4, -0.2) is 116 Å². The number of nitrogens with zero attached hydrogens (tertiary/aromatic N) is 1. The zero-order valence-corrected chi connectivity index (χ0v) is 36.2. The highest BCUT2D eigenvalue weighted by Gasteiger charge is 2.36. The Bertz CT molecular complexity index is 2250. The molecular weight excluding hydrogens is 845 g/mol. The molecule has 0 saturated carbocycles. The van der Waals surface area contributed by atoms with E-state index in [9.17, 15) is 34.0 Å². The van der Waals surface area contributed by atoms with Crippen molar-refractivity contribution in [2.75, 3.05) is 46.3 Å². The van der Waals surface area contributed by atoms with Gasteiger partial charge in [-0.15, -0.1) is 0 Å². The molecule has 0 unspecified atom stereocenters. The second-order valence-electron chi connectivity index (χ2n) is 15.1. The van der Waals surface area contributed by atoms with Crippen molar-refractivity contribution in [2.24, 2.45) is 22.9 Å². The van der Waals surface area contributed by atoms with Gasteiger partial charge in [-0.3, -0.25) is 24.0 Å². The van der Waals surface area contributed by atoms with Gasteiger partial charge in [0.15, 0.2) is 6.17 Å². The molecule has 20 heteroatoms. The largest absolute Gasteiger partial charge is 0.492 e. The fourth-order valence-electron chi connectivity index (χ4n) is 7.12. The number of hydrogen-bond donors (Lipinski definition) is 10. The standard InChI is InChI=1S/C44H55BClN9O9/c1-55(44(60)34(4-2-3-17-47)52-40(56)29-8-6-27(7-9-29)28-10-13-31(46)14-11-28)38-30-12-16-37(64-21-19-49)33(24-30)32-22-26(5-15-36(32)63-20-18-48)23-35(41(57)51-25-45(61)62)53-43(59)39(50)54-42(38)58/h5-16,22,24,34-35,38-39,61-62H,2-4,17-21,23,25,47-50H2,1H3,(H,51,57)(H,52,56)(H,53,59)(H,54,58)/t34-,35-,38-,39+/m0/s1. The minimum Gasteiger partial charge on any atom is -0.492 e. The molecule has 64 heavy (non-hydrogen) atoms. The maximum atomic E-state index is 14.7. The summed E-state index contributed by atoms with van der Waals surface area (Å²) in [6.07, 6.45) is -1.19. The van der Waals surface area contributed by atoms with E-state index < -0.39 is 67.4 Å². The fraction of sp³-hybridized carbons (Fsp3) is 0.341. The average molecular weight is 900 g/mol. The SMILES string of the molecule is CN(C(=O)[C@H](CCCCN)NC(=O)c1ccc(-c2ccc(Cl)cc2)cc1)[C@@H]1C(=O)N[C@@H](N)C(=O)N[C@H](C(=O)NCB(O)O)Cc2ccc(OCCN)c(c2)-c2cc1ccc2OCCN. The number of carbonyl (C=O) groups excluding carboxylic acids is 5. The van der Waals surface area contributed by atoms with Crippen LogP contribution in [0.5, 0.6) is 11.5 Å². The van der Waals surface area contributed by atoms with Crippen molar-refractivity contribution in [1.82, 2.24) is 26.2 Å². The molecule has 0 spiro atoms. The second-order valence-corrected chi connectivity index (χ2v) is 15.5. The first-order chi connectivity index (χ1) is 30.7. The number of hydrogen-bond acceptors (Lipinski definition) is 13. The van der Waals surface area contributed by atoms with Gasteiger partial charge in [-0.05, 0) is 96.6 Å². The second kappa shape index (κ2) is 23.6. The molecular formula is C44H55BClN9O9. The zero-order chi connectivity index (χ0) is 46.3. The van der Waals surface area contributed by atoms with Crippen molar-refractivity contribution in [1.29, 1.82) is 0 Å². The number of unbranched alkanes of at least 4 members (excludes halogenated alkanes) is 1. The van der Waals surface area contributed by atoms with Crippen LogP contribution in [0.25, 0.3) is 22.3 Å². The molecule has 0 radical (unpaired) electrons. The molecule has 0 saturated heterocycles. The lowest BCUT2D eigenvalue weighted by atomic mass is 9.91. The van der Waals surface area contributed by atoms with Crippen molar-refractivity contribution in [3.63, 3.8) is 0 Å². The monoisotopic (exact) mass is 899 g/mol. The van der Waals surface area contributed by atoms with Crippen LogP contribution in [0.4, 0.5) is 0 Å². The van der Waals surface area contributed by atoms with Crippen LogP contribution in [0.3, 0.4) is 0 Å². The Labute approximate surface area is 376 Å². The Morgan fingerprint density at radius 3 is 2.05 bits per heavy atom. The first-order valence-electron chi connectivity index (χ1n) is 20.8. The Balaban J connectivity index is 1.58. The van der Waals surface area contributed by atoms with Crippen molar-refractivity contribution >= 4 is 48.3 Å². The van der Waals surface area contributed by atoms with E-state index in [1.54, 1.807) is 72.8 Å². The van der Waals surface area contributed by atoms with Crippen LogP contribution in [0, 0.1) is 0 Å². The molecule has 1 aliphatic rings. The van der Waals surface area contributed by atoms with Crippen LogP contribution in [0.2, 0.25) is 5.02 Å². The third-order valence-corrected chi connectivity index (χ3v) is 10.6. The maximum Gasteiger partial charge on any atom is 0.472 e. The number of amides is 5. The summed E-state index contributed by atoms with van der Waals surface area (Å²) in [6, 6.07) is 20.1.